The second-order valence-electron chi connectivity index (χ2n) is 4.21. The van der Waals surface area contributed by atoms with Gasteiger partial charge in [0.1, 0.15) is 11.9 Å². The van der Waals surface area contributed by atoms with Gasteiger partial charge in [0.2, 0.25) is 0 Å². The molecule has 0 amide bonds. The zero-order valence-electron chi connectivity index (χ0n) is 10.1. The summed E-state index contributed by atoms with van der Waals surface area (Å²) in [5, 5.41) is 8.66. The van der Waals surface area contributed by atoms with E-state index in [1.165, 1.54) is 6.07 Å². The largest absolute Gasteiger partial charge is 0.480 e. The summed E-state index contributed by atoms with van der Waals surface area (Å²) in [4.78, 5) is 12.4. The minimum absolute atomic E-state index is 0.271. The number of hydrogen-bond donors (Lipinski definition) is 2. The highest BCUT2D eigenvalue weighted by Gasteiger charge is 2.13. The average molecular weight is 319 g/mol. The molecule has 4 nitrogen and oxygen atoms in total. The molecule has 1 aromatic rings. The highest BCUT2D eigenvalue weighted by molar-refractivity contribution is 9.10. The van der Waals surface area contributed by atoms with Crippen molar-refractivity contribution in [1.29, 1.82) is 0 Å². The molecule has 0 heterocycles. The summed E-state index contributed by atoms with van der Waals surface area (Å²) in [5.74, 6) is -1.29. The van der Waals surface area contributed by atoms with Gasteiger partial charge in [-0.05, 0) is 31.7 Å². The number of hydrogen-bond acceptors (Lipinski definition) is 3. The van der Waals surface area contributed by atoms with E-state index in [0.717, 1.165) is 4.47 Å². The van der Waals surface area contributed by atoms with Crippen molar-refractivity contribution in [2.75, 3.05) is 13.6 Å². The summed E-state index contributed by atoms with van der Waals surface area (Å²) < 4.78 is 14.3. The van der Waals surface area contributed by atoms with Gasteiger partial charge in [-0.2, -0.15) is 0 Å². The van der Waals surface area contributed by atoms with Gasteiger partial charge in [0.15, 0.2) is 0 Å². The van der Waals surface area contributed by atoms with Crippen LogP contribution in [0, 0.1) is 5.82 Å². The van der Waals surface area contributed by atoms with Gasteiger partial charge in [-0.1, -0.05) is 15.9 Å². The molecule has 0 saturated carbocycles. The maximum absolute atomic E-state index is 13.5. The molecule has 1 atom stereocenters. The number of aliphatic carboxylic acids is 1. The molecule has 0 radical (unpaired) electrons. The molecule has 1 aromatic carbocycles. The normalized spacial score (nSPS) is 12.7. The third kappa shape index (κ3) is 4.72. The number of nitrogens with two attached hydrogens (primary N) is 1. The molecule has 3 N–H and O–H groups in total. The Balaban J connectivity index is 2.51. The average Bonchev–Trinajstić information content (AvgIpc) is 2.30. The third-order valence-corrected chi connectivity index (χ3v) is 3.08. The Morgan fingerprint density at radius 3 is 2.89 bits per heavy atom. The van der Waals surface area contributed by atoms with Crippen LogP contribution in [0.3, 0.4) is 0 Å². The zero-order valence-corrected chi connectivity index (χ0v) is 11.7. The zero-order chi connectivity index (χ0) is 13.7. The van der Waals surface area contributed by atoms with Crippen molar-refractivity contribution >= 4 is 21.9 Å². The molecular formula is C12H16BrFN2O2. The number of benzene rings is 1. The van der Waals surface area contributed by atoms with Crippen LogP contribution in [-0.4, -0.2) is 35.6 Å². The maximum Gasteiger partial charge on any atom is 0.320 e. The molecule has 0 aliphatic carbocycles. The lowest BCUT2D eigenvalue weighted by Gasteiger charge is -2.18. The molecule has 0 bridgehead atoms. The van der Waals surface area contributed by atoms with E-state index >= 15 is 0 Å². The van der Waals surface area contributed by atoms with Crippen LogP contribution < -0.4 is 5.73 Å². The highest BCUT2D eigenvalue weighted by Crippen LogP contribution is 2.16. The summed E-state index contributed by atoms with van der Waals surface area (Å²) in [7, 11) is 1.80. The number of carboxylic acids is 1. The van der Waals surface area contributed by atoms with Crippen LogP contribution in [0.5, 0.6) is 0 Å². The van der Waals surface area contributed by atoms with E-state index in [4.69, 9.17) is 10.8 Å². The van der Waals surface area contributed by atoms with Gasteiger partial charge < -0.3 is 15.7 Å². The first-order valence-electron chi connectivity index (χ1n) is 5.51. The van der Waals surface area contributed by atoms with Gasteiger partial charge >= 0.3 is 5.97 Å². The van der Waals surface area contributed by atoms with E-state index in [-0.39, 0.29) is 5.82 Å². The summed E-state index contributed by atoms with van der Waals surface area (Å²) in [5.41, 5.74) is 5.97. The molecule has 0 aliphatic heterocycles. The Kier molecular flexibility index (Phi) is 5.71. The molecule has 1 unspecified atom stereocenters. The Hall–Kier alpha value is -0.980. The SMILES string of the molecule is CN(CCC(N)C(=O)O)Cc1cc(Br)ccc1F. The van der Waals surface area contributed by atoms with E-state index in [2.05, 4.69) is 15.9 Å². The molecule has 18 heavy (non-hydrogen) atoms. The quantitative estimate of drug-likeness (QED) is 0.839. The second kappa shape index (κ2) is 6.82. The van der Waals surface area contributed by atoms with Crippen LogP contribution in [0.4, 0.5) is 4.39 Å². The molecular weight excluding hydrogens is 303 g/mol. The molecule has 0 aliphatic rings. The van der Waals surface area contributed by atoms with E-state index in [1.807, 2.05) is 4.90 Å². The van der Waals surface area contributed by atoms with Gasteiger partial charge in [0, 0.05) is 23.1 Å². The van der Waals surface area contributed by atoms with Crippen molar-refractivity contribution in [2.45, 2.75) is 19.0 Å². The lowest BCUT2D eigenvalue weighted by Crippen LogP contribution is -2.34. The number of rotatable bonds is 6. The summed E-state index contributed by atoms with van der Waals surface area (Å²) in [6.07, 6.45) is 0.335. The fraction of sp³-hybridized carbons (Fsp3) is 0.417. The summed E-state index contributed by atoms with van der Waals surface area (Å²) >= 11 is 3.28. The second-order valence-corrected chi connectivity index (χ2v) is 5.12. The van der Waals surface area contributed by atoms with Crippen LogP contribution in [0.25, 0.3) is 0 Å². The Labute approximate surface area is 114 Å². The first-order valence-corrected chi connectivity index (χ1v) is 6.30. The molecule has 100 valence electrons. The van der Waals surface area contributed by atoms with Crippen molar-refractivity contribution in [3.05, 3.63) is 34.1 Å². The van der Waals surface area contributed by atoms with Gasteiger partial charge in [-0.3, -0.25) is 4.79 Å². The van der Waals surface area contributed by atoms with E-state index < -0.39 is 12.0 Å². The molecule has 0 aromatic heterocycles. The predicted molar refractivity (Wildman–Crippen MR) is 70.7 cm³/mol. The van der Waals surface area contributed by atoms with Crippen LogP contribution in [0.2, 0.25) is 0 Å². The fourth-order valence-corrected chi connectivity index (χ4v) is 1.93. The fourth-order valence-electron chi connectivity index (χ4n) is 1.52. The molecule has 6 heteroatoms. The first kappa shape index (κ1) is 15.1. The summed E-state index contributed by atoms with van der Waals surface area (Å²) in [6, 6.07) is 3.87. The molecule has 0 fully saturated rings. The number of halogens is 2. The van der Waals surface area contributed by atoms with E-state index in [0.29, 0.717) is 25.1 Å². The molecule has 1 rings (SSSR count). The summed E-state index contributed by atoms with van der Waals surface area (Å²) in [6.45, 7) is 0.914. The highest BCUT2D eigenvalue weighted by atomic mass is 79.9. The van der Waals surface area contributed by atoms with E-state index in [1.54, 1.807) is 19.2 Å². The van der Waals surface area contributed by atoms with E-state index in [9.17, 15) is 9.18 Å². The van der Waals surface area contributed by atoms with Crippen molar-refractivity contribution in [1.82, 2.24) is 4.90 Å². The minimum Gasteiger partial charge on any atom is -0.480 e. The van der Waals surface area contributed by atoms with Crippen LogP contribution in [0.15, 0.2) is 22.7 Å². The van der Waals surface area contributed by atoms with Gasteiger partial charge in [-0.25, -0.2) is 4.39 Å². The van der Waals surface area contributed by atoms with Crippen LogP contribution in [0.1, 0.15) is 12.0 Å². The Morgan fingerprint density at radius 2 is 2.28 bits per heavy atom. The minimum atomic E-state index is -1.02. The lowest BCUT2D eigenvalue weighted by molar-refractivity contribution is -0.138. The van der Waals surface area contributed by atoms with Crippen molar-refractivity contribution in [2.24, 2.45) is 5.73 Å². The Morgan fingerprint density at radius 1 is 1.61 bits per heavy atom. The Bertz CT molecular complexity index is 429. The third-order valence-electron chi connectivity index (χ3n) is 2.59. The monoisotopic (exact) mass is 318 g/mol. The van der Waals surface area contributed by atoms with Crippen LogP contribution >= 0.6 is 15.9 Å². The molecule has 0 saturated heterocycles. The van der Waals surface area contributed by atoms with Crippen LogP contribution in [-0.2, 0) is 11.3 Å². The smallest absolute Gasteiger partial charge is 0.320 e. The number of carboxylic acid groups (broad SMARTS) is 1. The molecule has 0 spiro atoms. The number of nitrogens with zero attached hydrogens (tertiary/aromatic N) is 1. The number of carbonyl (C=O) groups is 1. The predicted octanol–water partition coefficient (Wildman–Crippen LogP) is 1.82. The van der Waals surface area contributed by atoms with Gasteiger partial charge in [-0.15, -0.1) is 0 Å². The van der Waals surface area contributed by atoms with Gasteiger partial charge in [0.25, 0.3) is 0 Å². The first-order chi connectivity index (χ1) is 8.40. The standard InChI is InChI=1S/C12H16BrFN2O2/c1-16(5-4-11(15)12(17)18)7-8-6-9(13)2-3-10(8)14/h2-3,6,11H,4-5,7,15H2,1H3,(H,17,18). The van der Waals surface area contributed by atoms with Crippen molar-refractivity contribution in [3.63, 3.8) is 0 Å². The van der Waals surface area contributed by atoms with Crippen molar-refractivity contribution in [3.8, 4) is 0 Å². The topological polar surface area (TPSA) is 66.6 Å². The lowest BCUT2D eigenvalue weighted by atomic mass is 10.2. The maximum atomic E-state index is 13.5. The van der Waals surface area contributed by atoms with Gasteiger partial charge in [0.05, 0.1) is 0 Å². The van der Waals surface area contributed by atoms with Crippen molar-refractivity contribution < 1.29 is 14.3 Å².